The molecule has 2 rings (SSSR count). The quantitative estimate of drug-likeness (QED) is 0.133. The molecule has 4 nitrogen and oxygen atoms in total. The van der Waals surface area contributed by atoms with Gasteiger partial charge in [0.25, 0.3) is 0 Å². The predicted molar refractivity (Wildman–Crippen MR) is 159 cm³/mol. The van der Waals surface area contributed by atoms with Gasteiger partial charge in [0.05, 0.1) is 32.0 Å². The van der Waals surface area contributed by atoms with Gasteiger partial charge in [-0.2, -0.15) is 0 Å². The Hall–Kier alpha value is -2.69. The first-order valence-corrected chi connectivity index (χ1v) is 14.6. The molecule has 2 aromatic carbocycles. The Morgan fingerprint density at radius 3 is 1.97 bits per heavy atom. The lowest BCUT2D eigenvalue weighted by molar-refractivity contribution is -0.121. The lowest BCUT2D eigenvalue weighted by Gasteiger charge is -2.26. The van der Waals surface area contributed by atoms with Gasteiger partial charge in [-0.15, -0.1) is 0 Å². The van der Waals surface area contributed by atoms with Crippen LogP contribution in [0.2, 0.25) is 0 Å². The van der Waals surface area contributed by atoms with Crippen molar-refractivity contribution in [2.24, 2.45) is 0 Å². The van der Waals surface area contributed by atoms with Crippen LogP contribution in [-0.2, 0) is 27.5 Å². The molecule has 0 aliphatic carbocycles. The standard InChI is InChI=1S/C34H49NO3/c1-3-4-5-6-7-8-9-10-11-12-13-14-21-26-34(38-28-32-24-19-16-20-25-32)33(35-30(2)36)29-37-27-31-22-17-15-18-23-31/h13-26,33-34H,3-12,27-29H2,1-2H3,(H,35,36)/b14-13-,26-21+/t33-,34+/m0/s1. The summed E-state index contributed by atoms with van der Waals surface area (Å²) in [4.78, 5) is 12.0. The van der Waals surface area contributed by atoms with Crippen LogP contribution in [0.1, 0.15) is 89.2 Å². The largest absolute Gasteiger partial charge is 0.375 e. The van der Waals surface area contributed by atoms with Crippen LogP contribution in [0.15, 0.2) is 85.0 Å². The fourth-order valence-corrected chi connectivity index (χ4v) is 4.35. The van der Waals surface area contributed by atoms with E-state index in [0.29, 0.717) is 19.8 Å². The molecule has 38 heavy (non-hydrogen) atoms. The summed E-state index contributed by atoms with van der Waals surface area (Å²) in [6.45, 7) is 5.12. The molecule has 1 amide bonds. The first-order chi connectivity index (χ1) is 18.7. The number of hydrogen-bond acceptors (Lipinski definition) is 3. The maximum Gasteiger partial charge on any atom is 0.217 e. The molecule has 0 aliphatic heterocycles. The smallest absolute Gasteiger partial charge is 0.217 e. The van der Waals surface area contributed by atoms with E-state index in [2.05, 4.69) is 24.4 Å². The number of rotatable bonds is 21. The summed E-state index contributed by atoms with van der Waals surface area (Å²) in [7, 11) is 0. The van der Waals surface area contributed by atoms with Gasteiger partial charge in [-0.05, 0) is 24.0 Å². The minimum absolute atomic E-state index is 0.0964. The van der Waals surface area contributed by atoms with Gasteiger partial charge in [0.1, 0.15) is 0 Å². The summed E-state index contributed by atoms with van der Waals surface area (Å²) in [5.41, 5.74) is 2.20. The minimum atomic E-state index is -0.313. The van der Waals surface area contributed by atoms with Crippen molar-refractivity contribution in [3.05, 3.63) is 96.1 Å². The van der Waals surface area contributed by atoms with Crippen LogP contribution in [0.4, 0.5) is 0 Å². The number of benzene rings is 2. The van der Waals surface area contributed by atoms with Gasteiger partial charge in [0, 0.05) is 6.92 Å². The number of nitrogens with one attached hydrogen (secondary N) is 1. The first-order valence-electron chi connectivity index (χ1n) is 14.6. The summed E-state index contributed by atoms with van der Waals surface area (Å²) in [5.74, 6) is -0.0964. The normalized spacial score (nSPS) is 13.2. The van der Waals surface area contributed by atoms with E-state index in [4.69, 9.17) is 9.47 Å². The molecule has 0 spiro atoms. The Morgan fingerprint density at radius 1 is 0.789 bits per heavy atom. The fourth-order valence-electron chi connectivity index (χ4n) is 4.35. The van der Waals surface area contributed by atoms with Crippen LogP contribution in [0.25, 0.3) is 0 Å². The van der Waals surface area contributed by atoms with Crippen molar-refractivity contribution in [2.75, 3.05) is 6.61 Å². The van der Waals surface area contributed by atoms with E-state index in [-0.39, 0.29) is 18.1 Å². The molecule has 0 saturated carbocycles. The molecule has 2 atom stereocenters. The fraction of sp³-hybridized carbons (Fsp3) is 0.500. The maximum atomic E-state index is 12.0. The van der Waals surface area contributed by atoms with E-state index < -0.39 is 0 Å². The second-order valence-electron chi connectivity index (χ2n) is 10.00. The molecule has 0 aromatic heterocycles. The monoisotopic (exact) mass is 519 g/mol. The Kier molecular flexibility index (Phi) is 17.6. The highest BCUT2D eigenvalue weighted by Crippen LogP contribution is 2.12. The molecule has 0 fully saturated rings. The molecular weight excluding hydrogens is 470 g/mol. The summed E-state index contributed by atoms with van der Waals surface area (Å²) in [6.07, 6.45) is 21.3. The van der Waals surface area contributed by atoms with Crippen molar-refractivity contribution in [1.29, 1.82) is 0 Å². The minimum Gasteiger partial charge on any atom is -0.375 e. The summed E-state index contributed by atoms with van der Waals surface area (Å²) in [5, 5.41) is 3.03. The van der Waals surface area contributed by atoms with E-state index in [9.17, 15) is 4.79 Å². The van der Waals surface area contributed by atoms with Crippen LogP contribution in [0.5, 0.6) is 0 Å². The molecule has 0 aliphatic rings. The van der Waals surface area contributed by atoms with Crippen molar-refractivity contribution in [3.63, 3.8) is 0 Å². The Labute approximate surface area is 231 Å². The van der Waals surface area contributed by atoms with Gasteiger partial charge in [-0.3, -0.25) is 4.79 Å². The third-order valence-corrected chi connectivity index (χ3v) is 6.50. The number of carbonyl (C=O) groups excluding carboxylic acids is 1. The number of carbonyl (C=O) groups is 1. The summed E-state index contributed by atoms with van der Waals surface area (Å²) >= 11 is 0. The zero-order valence-electron chi connectivity index (χ0n) is 23.7. The lowest BCUT2D eigenvalue weighted by atomic mass is 10.1. The number of ether oxygens (including phenoxy) is 2. The van der Waals surface area contributed by atoms with Crippen molar-refractivity contribution < 1.29 is 14.3 Å². The maximum absolute atomic E-state index is 12.0. The van der Waals surface area contributed by atoms with Crippen molar-refractivity contribution in [3.8, 4) is 0 Å². The van der Waals surface area contributed by atoms with Crippen molar-refractivity contribution in [2.45, 2.75) is 103 Å². The molecule has 208 valence electrons. The average molecular weight is 520 g/mol. The van der Waals surface area contributed by atoms with Crippen molar-refractivity contribution >= 4 is 5.91 Å². The van der Waals surface area contributed by atoms with E-state index in [0.717, 1.165) is 17.5 Å². The van der Waals surface area contributed by atoms with Crippen molar-refractivity contribution in [1.82, 2.24) is 5.32 Å². The van der Waals surface area contributed by atoms with Gasteiger partial charge < -0.3 is 14.8 Å². The number of amides is 1. The Bertz CT molecular complexity index is 894. The van der Waals surface area contributed by atoms with E-state index >= 15 is 0 Å². The molecule has 2 aromatic rings. The molecule has 4 heteroatoms. The van der Waals surface area contributed by atoms with Crippen LogP contribution >= 0.6 is 0 Å². The van der Waals surface area contributed by atoms with Crippen LogP contribution in [0, 0.1) is 0 Å². The number of hydrogen-bond donors (Lipinski definition) is 1. The highest BCUT2D eigenvalue weighted by Gasteiger charge is 2.21. The summed E-state index contributed by atoms with van der Waals surface area (Å²) < 4.78 is 12.3. The Morgan fingerprint density at radius 2 is 1.37 bits per heavy atom. The average Bonchev–Trinajstić information content (AvgIpc) is 2.93. The van der Waals surface area contributed by atoms with Crippen LogP contribution < -0.4 is 5.32 Å². The third kappa shape index (κ3) is 15.5. The topological polar surface area (TPSA) is 47.6 Å². The third-order valence-electron chi connectivity index (χ3n) is 6.50. The molecular formula is C34H49NO3. The SMILES string of the molecule is CCCCCCCCCCC/C=C\C=C\[C@@H](OCc1ccccc1)[C@H](COCc1ccccc1)NC(C)=O. The van der Waals surface area contributed by atoms with Gasteiger partial charge in [0.2, 0.25) is 5.91 Å². The number of unbranched alkanes of at least 4 members (excludes halogenated alkanes) is 9. The molecule has 0 unspecified atom stereocenters. The molecule has 0 saturated heterocycles. The molecule has 0 radical (unpaired) electrons. The zero-order valence-corrected chi connectivity index (χ0v) is 23.7. The molecule has 1 N–H and O–H groups in total. The van der Waals surface area contributed by atoms with Gasteiger partial charge in [0.15, 0.2) is 0 Å². The second-order valence-corrected chi connectivity index (χ2v) is 10.00. The highest BCUT2D eigenvalue weighted by molar-refractivity contribution is 5.73. The van der Waals surface area contributed by atoms with Crippen LogP contribution in [0.3, 0.4) is 0 Å². The molecule has 0 heterocycles. The number of allylic oxidation sites excluding steroid dienone is 3. The van der Waals surface area contributed by atoms with Gasteiger partial charge in [-0.1, -0.05) is 143 Å². The van der Waals surface area contributed by atoms with Gasteiger partial charge in [-0.25, -0.2) is 0 Å². The van der Waals surface area contributed by atoms with Gasteiger partial charge >= 0.3 is 0 Å². The van der Waals surface area contributed by atoms with E-state index in [1.807, 2.05) is 72.8 Å². The van der Waals surface area contributed by atoms with E-state index in [1.165, 1.54) is 64.7 Å². The Balaban J connectivity index is 1.85. The summed E-state index contributed by atoms with van der Waals surface area (Å²) in [6, 6.07) is 19.9. The molecule has 0 bridgehead atoms. The first kappa shape index (κ1) is 31.5. The zero-order chi connectivity index (χ0) is 27.1. The highest BCUT2D eigenvalue weighted by atomic mass is 16.5. The lowest BCUT2D eigenvalue weighted by Crippen LogP contribution is -2.46. The van der Waals surface area contributed by atoms with E-state index in [1.54, 1.807) is 0 Å². The van der Waals surface area contributed by atoms with Crippen LogP contribution in [-0.4, -0.2) is 24.7 Å². The second kappa shape index (κ2) is 21.3. The predicted octanol–water partition coefficient (Wildman–Crippen LogP) is 8.33.